The first-order valence-electron chi connectivity index (χ1n) is 11.4. The maximum atomic E-state index is 13.1. The zero-order chi connectivity index (χ0) is 22.3. The van der Waals surface area contributed by atoms with Crippen LogP contribution in [0.2, 0.25) is 0 Å². The molecule has 166 valence electrons. The number of hydrogen-bond acceptors (Lipinski definition) is 5. The molecule has 1 aliphatic heterocycles. The summed E-state index contributed by atoms with van der Waals surface area (Å²) in [5.41, 5.74) is 5.14. The van der Waals surface area contributed by atoms with Crippen molar-refractivity contribution in [2.24, 2.45) is 0 Å². The fraction of sp³-hybridized carbons (Fsp3) is 0.333. The number of pyridine rings is 1. The number of aryl methyl sites for hydroxylation is 1. The lowest BCUT2D eigenvalue weighted by Crippen LogP contribution is -2.46. The first-order chi connectivity index (χ1) is 15.7. The van der Waals surface area contributed by atoms with Crippen LogP contribution in [-0.4, -0.2) is 48.6 Å². The number of carbonyl (C=O) groups is 1. The van der Waals surface area contributed by atoms with Crippen molar-refractivity contribution in [3.8, 4) is 11.1 Å². The molecule has 1 aromatic heterocycles. The molecule has 0 unspecified atom stereocenters. The van der Waals surface area contributed by atoms with Crippen molar-refractivity contribution in [3.63, 3.8) is 0 Å². The Morgan fingerprint density at radius 1 is 0.969 bits per heavy atom. The Bertz CT molecular complexity index is 1040. The average Bonchev–Trinajstić information content (AvgIpc) is 2.84. The minimum Gasteiger partial charge on any atom is -0.462 e. The highest BCUT2D eigenvalue weighted by Crippen LogP contribution is 2.31. The second kappa shape index (κ2) is 10.4. The summed E-state index contributed by atoms with van der Waals surface area (Å²) >= 11 is 0. The largest absolute Gasteiger partial charge is 0.462 e. The highest BCUT2D eigenvalue weighted by atomic mass is 16.5. The van der Waals surface area contributed by atoms with Gasteiger partial charge in [-0.05, 0) is 36.1 Å². The van der Waals surface area contributed by atoms with E-state index in [1.807, 2.05) is 43.3 Å². The monoisotopic (exact) mass is 429 g/mol. The Morgan fingerprint density at radius 3 is 2.41 bits per heavy atom. The summed E-state index contributed by atoms with van der Waals surface area (Å²) in [7, 11) is 0. The number of aromatic nitrogens is 1. The van der Waals surface area contributed by atoms with E-state index in [4.69, 9.17) is 4.74 Å². The Labute approximate surface area is 190 Å². The van der Waals surface area contributed by atoms with E-state index in [9.17, 15) is 4.79 Å². The quantitative estimate of drug-likeness (QED) is 0.498. The second-order valence-electron chi connectivity index (χ2n) is 8.25. The molecule has 5 nitrogen and oxygen atoms in total. The van der Waals surface area contributed by atoms with E-state index in [0.29, 0.717) is 12.2 Å². The molecule has 1 aliphatic rings. The number of piperazine rings is 1. The van der Waals surface area contributed by atoms with Crippen LogP contribution < -0.4 is 4.90 Å². The molecule has 0 atom stereocenters. The molecule has 4 rings (SSSR count). The fourth-order valence-corrected chi connectivity index (χ4v) is 4.16. The number of nitrogens with zero attached hydrogens (tertiary/aromatic N) is 3. The van der Waals surface area contributed by atoms with Crippen LogP contribution in [0, 0.1) is 6.92 Å². The number of ether oxygens (including phenoxy) is 1. The molecule has 0 amide bonds. The minimum atomic E-state index is -0.295. The number of anilines is 1. The molecule has 0 radical (unpaired) electrons. The van der Waals surface area contributed by atoms with Gasteiger partial charge >= 0.3 is 5.97 Å². The molecule has 0 saturated carbocycles. The SMILES string of the molecule is CCCOC(=O)c1c(-c2ccccc2)ccnc1N1CCN(Cc2ccccc2C)CC1. The van der Waals surface area contributed by atoms with Crippen molar-refractivity contribution < 1.29 is 9.53 Å². The molecule has 0 spiro atoms. The van der Waals surface area contributed by atoms with Crippen molar-refractivity contribution >= 4 is 11.8 Å². The summed E-state index contributed by atoms with van der Waals surface area (Å²) in [6.45, 7) is 9.03. The summed E-state index contributed by atoms with van der Waals surface area (Å²) in [6.07, 6.45) is 2.59. The molecule has 5 heteroatoms. The molecular formula is C27H31N3O2. The van der Waals surface area contributed by atoms with Crippen molar-refractivity contribution in [1.29, 1.82) is 0 Å². The third kappa shape index (κ3) is 5.00. The minimum absolute atomic E-state index is 0.295. The predicted octanol–water partition coefficient (Wildman–Crippen LogP) is 4.95. The van der Waals surface area contributed by atoms with E-state index in [0.717, 1.165) is 56.1 Å². The highest BCUT2D eigenvalue weighted by molar-refractivity contribution is 6.02. The van der Waals surface area contributed by atoms with Gasteiger partial charge in [0.1, 0.15) is 11.4 Å². The fourth-order valence-electron chi connectivity index (χ4n) is 4.16. The van der Waals surface area contributed by atoms with Gasteiger partial charge in [0.2, 0.25) is 0 Å². The van der Waals surface area contributed by atoms with Crippen molar-refractivity contribution in [1.82, 2.24) is 9.88 Å². The van der Waals surface area contributed by atoms with E-state index in [1.165, 1.54) is 11.1 Å². The van der Waals surface area contributed by atoms with Crippen LogP contribution in [0.25, 0.3) is 11.1 Å². The summed E-state index contributed by atoms with van der Waals surface area (Å²) in [5.74, 6) is 0.430. The van der Waals surface area contributed by atoms with Gasteiger partial charge in [0.05, 0.1) is 6.61 Å². The van der Waals surface area contributed by atoms with Gasteiger partial charge < -0.3 is 9.64 Å². The van der Waals surface area contributed by atoms with Crippen LogP contribution in [0.1, 0.15) is 34.8 Å². The second-order valence-corrected chi connectivity index (χ2v) is 8.25. The first kappa shape index (κ1) is 22.0. The Balaban J connectivity index is 1.57. The number of rotatable bonds is 7. The van der Waals surface area contributed by atoms with Crippen molar-refractivity contribution in [2.75, 3.05) is 37.7 Å². The third-order valence-corrected chi connectivity index (χ3v) is 5.98. The van der Waals surface area contributed by atoms with Crippen LogP contribution in [0.3, 0.4) is 0 Å². The van der Waals surface area contributed by atoms with E-state index < -0.39 is 0 Å². The standard InChI is InChI=1S/C27H31N3O2/c1-3-19-32-27(31)25-24(22-10-5-4-6-11-22)13-14-28-26(25)30-17-15-29(16-18-30)20-23-12-8-7-9-21(23)2/h4-14H,3,15-20H2,1-2H3. The van der Waals surface area contributed by atoms with Crippen molar-refractivity contribution in [3.05, 3.63) is 83.6 Å². The Morgan fingerprint density at radius 2 is 1.69 bits per heavy atom. The summed E-state index contributed by atoms with van der Waals surface area (Å²) in [6, 6.07) is 20.5. The molecule has 2 aromatic carbocycles. The molecule has 1 saturated heterocycles. The maximum Gasteiger partial charge on any atom is 0.342 e. The zero-order valence-corrected chi connectivity index (χ0v) is 19.0. The lowest BCUT2D eigenvalue weighted by molar-refractivity contribution is 0.0506. The average molecular weight is 430 g/mol. The summed E-state index contributed by atoms with van der Waals surface area (Å²) in [5, 5.41) is 0. The van der Waals surface area contributed by atoms with Gasteiger partial charge in [0, 0.05) is 44.5 Å². The first-order valence-corrected chi connectivity index (χ1v) is 11.4. The molecule has 2 heterocycles. The topological polar surface area (TPSA) is 45.7 Å². The lowest BCUT2D eigenvalue weighted by atomic mass is 10.0. The molecular weight excluding hydrogens is 398 g/mol. The molecule has 3 aromatic rings. The highest BCUT2D eigenvalue weighted by Gasteiger charge is 2.26. The van der Waals surface area contributed by atoms with Crippen LogP contribution in [0.15, 0.2) is 66.9 Å². The van der Waals surface area contributed by atoms with Crippen LogP contribution in [0.4, 0.5) is 5.82 Å². The number of benzene rings is 2. The molecule has 0 bridgehead atoms. The lowest BCUT2D eigenvalue weighted by Gasteiger charge is -2.36. The molecule has 32 heavy (non-hydrogen) atoms. The Hall–Kier alpha value is -3.18. The van der Waals surface area contributed by atoms with E-state index >= 15 is 0 Å². The van der Waals surface area contributed by atoms with Gasteiger partial charge in [-0.1, -0.05) is 61.5 Å². The maximum absolute atomic E-state index is 13.1. The van der Waals surface area contributed by atoms with Gasteiger partial charge in [-0.25, -0.2) is 9.78 Å². The smallest absolute Gasteiger partial charge is 0.342 e. The zero-order valence-electron chi connectivity index (χ0n) is 19.0. The van der Waals surface area contributed by atoms with Crippen molar-refractivity contribution in [2.45, 2.75) is 26.8 Å². The number of carbonyl (C=O) groups excluding carboxylic acids is 1. The van der Waals surface area contributed by atoms with Gasteiger partial charge in [-0.3, -0.25) is 4.90 Å². The van der Waals surface area contributed by atoms with Gasteiger partial charge in [0.15, 0.2) is 0 Å². The van der Waals surface area contributed by atoms with E-state index in [-0.39, 0.29) is 5.97 Å². The van der Waals surface area contributed by atoms with Gasteiger partial charge in [-0.15, -0.1) is 0 Å². The van der Waals surface area contributed by atoms with Crippen LogP contribution in [-0.2, 0) is 11.3 Å². The third-order valence-electron chi connectivity index (χ3n) is 5.98. The number of esters is 1. The molecule has 0 aliphatic carbocycles. The van der Waals surface area contributed by atoms with Gasteiger partial charge in [0.25, 0.3) is 0 Å². The number of hydrogen-bond donors (Lipinski definition) is 0. The molecule has 0 N–H and O–H groups in total. The van der Waals surface area contributed by atoms with Gasteiger partial charge in [-0.2, -0.15) is 0 Å². The normalized spacial score (nSPS) is 14.4. The summed E-state index contributed by atoms with van der Waals surface area (Å²) in [4.78, 5) is 22.4. The van der Waals surface area contributed by atoms with E-state index in [2.05, 4.69) is 46.0 Å². The van der Waals surface area contributed by atoms with Crippen LogP contribution in [0.5, 0.6) is 0 Å². The van der Waals surface area contributed by atoms with Crippen LogP contribution >= 0.6 is 0 Å². The Kier molecular flexibility index (Phi) is 7.17. The van der Waals surface area contributed by atoms with E-state index in [1.54, 1.807) is 6.20 Å². The molecule has 1 fully saturated rings. The summed E-state index contributed by atoms with van der Waals surface area (Å²) < 4.78 is 5.57. The predicted molar refractivity (Wildman–Crippen MR) is 129 cm³/mol.